The Morgan fingerprint density at radius 3 is 2.36 bits per heavy atom. The number of aliphatic hydroxyl groups is 1. The van der Waals surface area contributed by atoms with Crippen LogP contribution in [0.2, 0.25) is 10.0 Å². The molecule has 1 fully saturated rings. The molecule has 3 aromatic rings. The average molecular weight is 589 g/mol. The highest BCUT2D eigenvalue weighted by atomic mass is 79.9. The van der Waals surface area contributed by atoms with Gasteiger partial charge in [-0.1, -0.05) is 69.5 Å². The summed E-state index contributed by atoms with van der Waals surface area (Å²) in [6, 6.07) is 17.8. The smallest absolute Gasteiger partial charge is 0.257 e. The lowest BCUT2D eigenvalue weighted by atomic mass is 9.91. The van der Waals surface area contributed by atoms with E-state index in [0.29, 0.717) is 26.7 Å². The fourth-order valence-corrected chi connectivity index (χ4v) is 5.62. The Bertz CT molecular complexity index is 1360. The SMILES string of the molecule is CC(=O)c1ccc2c(c1)C(=O)N(Cc1ccc(Cl)cc1Br)C2(OCC1(CO)CC1)c1ccc(Cl)cc1. The van der Waals surface area contributed by atoms with Crippen molar-refractivity contribution in [2.75, 3.05) is 13.2 Å². The maximum Gasteiger partial charge on any atom is 0.257 e. The molecule has 186 valence electrons. The van der Waals surface area contributed by atoms with E-state index in [2.05, 4.69) is 15.9 Å². The van der Waals surface area contributed by atoms with Crippen molar-refractivity contribution in [1.82, 2.24) is 4.90 Å². The van der Waals surface area contributed by atoms with Crippen LogP contribution >= 0.6 is 39.1 Å². The van der Waals surface area contributed by atoms with Crippen LogP contribution in [0.3, 0.4) is 0 Å². The van der Waals surface area contributed by atoms with Crippen molar-refractivity contribution >= 4 is 50.8 Å². The van der Waals surface area contributed by atoms with Gasteiger partial charge in [-0.2, -0.15) is 0 Å². The zero-order valence-electron chi connectivity index (χ0n) is 19.6. The summed E-state index contributed by atoms with van der Waals surface area (Å²) in [5.74, 6) is -0.376. The second-order valence-electron chi connectivity index (χ2n) is 9.54. The molecule has 8 heteroatoms. The van der Waals surface area contributed by atoms with Gasteiger partial charge < -0.3 is 9.84 Å². The molecule has 3 aromatic carbocycles. The van der Waals surface area contributed by atoms with E-state index in [-0.39, 0.29) is 36.9 Å². The summed E-state index contributed by atoms with van der Waals surface area (Å²) in [7, 11) is 0. The van der Waals surface area contributed by atoms with E-state index in [1.165, 1.54) is 6.92 Å². The molecule has 2 aliphatic rings. The number of Topliss-reactive ketones (excluding diaryl/α,β-unsaturated/α-hetero) is 1. The Labute approximate surface area is 228 Å². The maximum atomic E-state index is 14.0. The highest BCUT2D eigenvalue weighted by Crippen LogP contribution is 2.51. The number of amides is 1. The van der Waals surface area contributed by atoms with Gasteiger partial charge in [-0.05, 0) is 55.7 Å². The van der Waals surface area contributed by atoms with E-state index in [0.717, 1.165) is 28.4 Å². The predicted octanol–water partition coefficient (Wildman–Crippen LogP) is 6.60. The highest BCUT2D eigenvalue weighted by molar-refractivity contribution is 9.10. The minimum Gasteiger partial charge on any atom is -0.396 e. The molecule has 0 saturated heterocycles. The summed E-state index contributed by atoms with van der Waals surface area (Å²) >= 11 is 16.0. The Morgan fingerprint density at radius 2 is 1.75 bits per heavy atom. The number of halogens is 3. The first-order chi connectivity index (χ1) is 17.2. The van der Waals surface area contributed by atoms with Crippen LogP contribution in [0.15, 0.2) is 65.1 Å². The normalized spacial score (nSPS) is 19.9. The largest absolute Gasteiger partial charge is 0.396 e. The van der Waals surface area contributed by atoms with Crippen LogP contribution in [0.25, 0.3) is 0 Å². The Morgan fingerprint density at radius 1 is 1.06 bits per heavy atom. The minimum atomic E-state index is -1.28. The standard InChI is InChI=1S/C28H24BrCl2NO4/c1-17(34)18-3-9-24-23(12-18)26(35)32(14-19-2-6-22(31)13-25(19)29)28(24,20-4-7-21(30)8-5-20)36-16-27(15-33)10-11-27/h2-9,12-13,33H,10-11,14-16H2,1H3. The summed E-state index contributed by atoms with van der Waals surface area (Å²) < 4.78 is 7.52. The molecule has 5 rings (SSSR count). The van der Waals surface area contributed by atoms with E-state index < -0.39 is 5.72 Å². The van der Waals surface area contributed by atoms with E-state index >= 15 is 0 Å². The number of carbonyl (C=O) groups excluding carboxylic acids is 2. The molecule has 36 heavy (non-hydrogen) atoms. The Balaban J connectivity index is 1.71. The number of fused-ring (bicyclic) bond motifs is 1. The zero-order valence-corrected chi connectivity index (χ0v) is 22.7. The summed E-state index contributed by atoms with van der Waals surface area (Å²) in [6.07, 6.45) is 1.71. The van der Waals surface area contributed by atoms with E-state index in [1.54, 1.807) is 47.4 Å². The van der Waals surface area contributed by atoms with Gasteiger partial charge in [0.1, 0.15) is 0 Å². The van der Waals surface area contributed by atoms with Crippen molar-refractivity contribution in [3.63, 3.8) is 0 Å². The lowest BCUT2D eigenvalue weighted by Gasteiger charge is -2.40. The van der Waals surface area contributed by atoms with Crippen LogP contribution in [-0.2, 0) is 17.0 Å². The Hall–Kier alpha value is -2.22. The number of ketones is 1. The molecule has 1 amide bonds. The number of carbonyl (C=O) groups is 2. The summed E-state index contributed by atoms with van der Waals surface area (Å²) in [5.41, 5.74) is 1.49. The molecule has 0 radical (unpaired) electrons. The maximum absolute atomic E-state index is 14.0. The molecule has 1 heterocycles. The van der Waals surface area contributed by atoms with Gasteiger partial charge in [-0.15, -0.1) is 0 Å². The number of nitrogens with zero attached hydrogens (tertiary/aromatic N) is 1. The van der Waals surface area contributed by atoms with Gasteiger partial charge >= 0.3 is 0 Å². The van der Waals surface area contributed by atoms with Crippen LogP contribution in [0.1, 0.15) is 57.2 Å². The van der Waals surface area contributed by atoms with Gasteiger partial charge in [0.25, 0.3) is 5.91 Å². The lowest BCUT2D eigenvalue weighted by molar-refractivity contribution is -0.129. The van der Waals surface area contributed by atoms with Gasteiger partial charge in [0.05, 0.1) is 19.8 Å². The molecular formula is C28H24BrCl2NO4. The zero-order chi connectivity index (χ0) is 25.7. The summed E-state index contributed by atoms with van der Waals surface area (Å²) in [5, 5.41) is 11.1. The Kier molecular flexibility index (Phi) is 6.77. The molecule has 1 unspecified atom stereocenters. The van der Waals surface area contributed by atoms with Gasteiger partial charge in [-0.25, -0.2) is 0 Å². The van der Waals surface area contributed by atoms with Gasteiger partial charge in [0.2, 0.25) is 0 Å². The average Bonchev–Trinajstić information content (AvgIpc) is 3.61. The quantitative estimate of drug-likeness (QED) is 0.301. The summed E-state index contributed by atoms with van der Waals surface area (Å²) in [4.78, 5) is 27.9. The van der Waals surface area contributed by atoms with Crippen LogP contribution in [0.4, 0.5) is 0 Å². The number of ether oxygens (including phenoxy) is 1. The van der Waals surface area contributed by atoms with E-state index in [1.807, 2.05) is 18.2 Å². The fraction of sp³-hybridized carbons (Fsp3) is 0.286. The molecule has 5 nitrogen and oxygen atoms in total. The monoisotopic (exact) mass is 587 g/mol. The van der Waals surface area contributed by atoms with Crippen molar-refractivity contribution in [3.05, 3.63) is 103 Å². The summed E-state index contributed by atoms with van der Waals surface area (Å²) in [6.45, 7) is 1.97. The first-order valence-corrected chi connectivity index (χ1v) is 13.2. The van der Waals surface area contributed by atoms with Crippen molar-refractivity contribution < 1.29 is 19.4 Å². The number of benzene rings is 3. The molecule has 1 aliphatic heterocycles. The van der Waals surface area contributed by atoms with E-state index in [4.69, 9.17) is 27.9 Å². The van der Waals surface area contributed by atoms with Crippen LogP contribution in [-0.4, -0.2) is 34.9 Å². The fourth-order valence-electron chi connectivity index (χ4n) is 4.68. The van der Waals surface area contributed by atoms with Crippen LogP contribution in [0.5, 0.6) is 0 Å². The minimum absolute atomic E-state index is 0.0104. The second-order valence-corrected chi connectivity index (χ2v) is 11.3. The van der Waals surface area contributed by atoms with E-state index in [9.17, 15) is 14.7 Å². The number of hydrogen-bond donors (Lipinski definition) is 1. The topological polar surface area (TPSA) is 66.8 Å². The number of hydrogen-bond acceptors (Lipinski definition) is 4. The lowest BCUT2D eigenvalue weighted by Crippen LogP contribution is -2.47. The van der Waals surface area contributed by atoms with Gasteiger partial charge in [0, 0.05) is 42.2 Å². The van der Waals surface area contributed by atoms with Crippen molar-refractivity contribution in [3.8, 4) is 0 Å². The van der Waals surface area contributed by atoms with Crippen molar-refractivity contribution in [2.45, 2.75) is 32.0 Å². The molecule has 1 atom stereocenters. The molecule has 0 spiro atoms. The number of aliphatic hydroxyl groups excluding tert-OH is 1. The third kappa shape index (κ3) is 4.39. The van der Waals surface area contributed by atoms with Gasteiger partial charge in [-0.3, -0.25) is 14.5 Å². The molecule has 1 N–H and O–H groups in total. The van der Waals surface area contributed by atoms with Gasteiger partial charge in [0.15, 0.2) is 11.5 Å². The first-order valence-electron chi connectivity index (χ1n) is 11.6. The molecule has 0 bridgehead atoms. The van der Waals surface area contributed by atoms with Crippen molar-refractivity contribution in [1.29, 1.82) is 0 Å². The predicted molar refractivity (Wildman–Crippen MR) is 142 cm³/mol. The molecule has 0 aromatic heterocycles. The van der Waals surface area contributed by atoms with Crippen LogP contribution in [0, 0.1) is 5.41 Å². The highest BCUT2D eigenvalue weighted by Gasteiger charge is 2.54. The molecule has 1 saturated carbocycles. The van der Waals surface area contributed by atoms with Crippen LogP contribution < -0.4 is 0 Å². The number of rotatable bonds is 8. The first kappa shape index (κ1) is 25.4. The third-order valence-corrected chi connectivity index (χ3v) is 8.33. The third-order valence-electron chi connectivity index (χ3n) is 7.11. The van der Waals surface area contributed by atoms with Crippen molar-refractivity contribution in [2.24, 2.45) is 5.41 Å². The molecular weight excluding hydrogens is 565 g/mol. The second kappa shape index (κ2) is 9.58. The molecule has 1 aliphatic carbocycles.